The molecule has 9 heteroatoms. The molecule has 1 aliphatic heterocycles. The largest absolute Gasteiger partial charge is 0.351 e. The third kappa shape index (κ3) is 3.56. The van der Waals surface area contributed by atoms with Gasteiger partial charge in [-0.1, -0.05) is 12.1 Å². The third-order valence-corrected chi connectivity index (χ3v) is 5.31. The molecule has 1 aliphatic rings. The molecule has 0 aliphatic carbocycles. The summed E-state index contributed by atoms with van der Waals surface area (Å²) in [5.41, 5.74) is 0.805. The van der Waals surface area contributed by atoms with Gasteiger partial charge in [0, 0.05) is 44.0 Å². The van der Waals surface area contributed by atoms with E-state index in [4.69, 9.17) is 4.52 Å². The summed E-state index contributed by atoms with van der Waals surface area (Å²) in [5.74, 6) is 2.46. The van der Waals surface area contributed by atoms with E-state index >= 15 is 0 Å². The first-order chi connectivity index (χ1) is 13.7. The van der Waals surface area contributed by atoms with E-state index in [9.17, 15) is 4.79 Å². The van der Waals surface area contributed by atoms with Gasteiger partial charge in [0.05, 0.1) is 5.69 Å². The minimum Gasteiger partial charge on any atom is -0.351 e. The number of carbonyl (C=O) groups is 1. The van der Waals surface area contributed by atoms with Crippen molar-refractivity contribution in [3.05, 3.63) is 47.6 Å². The second kappa shape index (κ2) is 7.95. The summed E-state index contributed by atoms with van der Waals surface area (Å²) in [4.78, 5) is 14.5. The molecular formula is C19H25N7O2. The fourth-order valence-electron chi connectivity index (χ4n) is 3.73. The molecule has 3 aromatic rings. The molecule has 0 saturated carbocycles. The Hall–Kier alpha value is -2.97. The Bertz CT molecular complexity index is 920. The molecule has 0 radical (unpaired) electrons. The molecule has 3 aromatic heterocycles. The topological polar surface area (TPSA) is 94.9 Å². The lowest BCUT2D eigenvalue weighted by Crippen LogP contribution is -2.38. The van der Waals surface area contributed by atoms with E-state index in [0.717, 1.165) is 43.1 Å². The molecule has 0 atom stereocenters. The van der Waals surface area contributed by atoms with Gasteiger partial charge >= 0.3 is 0 Å². The zero-order chi connectivity index (χ0) is 19.5. The van der Waals surface area contributed by atoms with Crippen molar-refractivity contribution in [3.63, 3.8) is 0 Å². The van der Waals surface area contributed by atoms with Crippen molar-refractivity contribution in [2.75, 3.05) is 13.1 Å². The van der Waals surface area contributed by atoms with E-state index < -0.39 is 0 Å². The fraction of sp³-hybridized carbons (Fsp3) is 0.526. The second-order valence-corrected chi connectivity index (χ2v) is 7.02. The van der Waals surface area contributed by atoms with Crippen molar-refractivity contribution in [1.29, 1.82) is 0 Å². The van der Waals surface area contributed by atoms with E-state index in [2.05, 4.69) is 31.9 Å². The highest BCUT2D eigenvalue weighted by atomic mass is 16.5. The van der Waals surface area contributed by atoms with E-state index in [1.165, 1.54) is 0 Å². The molecule has 148 valence electrons. The monoisotopic (exact) mass is 383 g/mol. The number of carbonyl (C=O) groups excluding carboxylic acids is 1. The molecule has 0 unspecified atom stereocenters. The maximum atomic E-state index is 12.6. The quantitative estimate of drug-likeness (QED) is 0.647. The number of hydrogen-bond donors (Lipinski definition) is 0. The lowest BCUT2D eigenvalue weighted by molar-refractivity contribution is 0.0668. The lowest BCUT2D eigenvalue weighted by Gasteiger charge is -2.31. The number of aryl methyl sites for hydroxylation is 1. The van der Waals surface area contributed by atoms with Crippen LogP contribution in [0.4, 0.5) is 0 Å². The van der Waals surface area contributed by atoms with Crippen LogP contribution < -0.4 is 0 Å². The predicted octanol–water partition coefficient (Wildman–Crippen LogP) is 2.11. The van der Waals surface area contributed by atoms with Crippen LogP contribution in [0.5, 0.6) is 0 Å². The van der Waals surface area contributed by atoms with Crippen LogP contribution in [0.15, 0.2) is 29.0 Å². The van der Waals surface area contributed by atoms with Crippen LogP contribution in [0.2, 0.25) is 0 Å². The average Bonchev–Trinajstić information content (AvgIpc) is 3.48. The molecule has 0 aromatic carbocycles. The summed E-state index contributed by atoms with van der Waals surface area (Å²) in [6.07, 6.45) is 6.16. The number of nitrogens with zero attached hydrogens (tertiary/aromatic N) is 7. The fourth-order valence-corrected chi connectivity index (χ4v) is 3.73. The molecular weight excluding hydrogens is 358 g/mol. The number of hydrogen-bond acceptors (Lipinski definition) is 6. The predicted molar refractivity (Wildman–Crippen MR) is 101 cm³/mol. The Morgan fingerprint density at radius 2 is 2.07 bits per heavy atom. The van der Waals surface area contributed by atoms with Gasteiger partial charge in [-0.05, 0) is 32.3 Å². The minimum atomic E-state index is -0.0815. The van der Waals surface area contributed by atoms with Crippen LogP contribution in [0, 0.1) is 0 Å². The van der Waals surface area contributed by atoms with Crippen molar-refractivity contribution >= 4 is 5.91 Å². The molecule has 1 saturated heterocycles. The number of aromatic nitrogens is 6. The Kier molecular flexibility index (Phi) is 5.23. The van der Waals surface area contributed by atoms with Crippen molar-refractivity contribution in [2.24, 2.45) is 0 Å². The van der Waals surface area contributed by atoms with E-state index in [1.807, 2.05) is 28.8 Å². The van der Waals surface area contributed by atoms with Gasteiger partial charge in [0.1, 0.15) is 12.4 Å². The maximum Gasteiger partial charge on any atom is 0.292 e. The standard InChI is InChI=1S/C19H25N7O2/c1-3-15-12-16(28-23-15)19(27)24-10-6-14(7-11-24)18-22-21-17(26(18)4-2)13-25-9-5-8-20-25/h5,8-9,12,14H,3-4,6-7,10-11,13H2,1-2H3. The van der Waals surface area contributed by atoms with Gasteiger partial charge < -0.3 is 14.0 Å². The Morgan fingerprint density at radius 3 is 2.71 bits per heavy atom. The highest BCUT2D eigenvalue weighted by molar-refractivity contribution is 5.91. The van der Waals surface area contributed by atoms with Crippen LogP contribution in [0.1, 0.15) is 60.5 Å². The third-order valence-electron chi connectivity index (χ3n) is 5.31. The Labute approximate surface area is 163 Å². The van der Waals surface area contributed by atoms with Crippen LogP contribution in [0.3, 0.4) is 0 Å². The Balaban J connectivity index is 1.42. The first kappa shape index (κ1) is 18.4. The van der Waals surface area contributed by atoms with E-state index in [1.54, 1.807) is 12.3 Å². The first-order valence-electron chi connectivity index (χ1n) is 9.83. The lowest BCUT2D eigenvalue weighted by atomic mass is 9.95. The van der Waals surface area contributed by atoms with Gasteiger partial charge in [0.25, 0.3) is 5.91 Å². The highest BCUT2D eigenvalue weighted by Crippen LogP contribution is 2.28. The summed E-state index contributed by atoms with van der Waals surface area (Å²) in [7, 11) is 0. The van der Waals surface area contributed by atoms with Crippen LogP contribution >= 0.6 is 0 Å². The summed E-state index contributed by atoms with van der Waals surface area (Å²) < 4.78 is 9.22. The molecule has 9 nitrogen and oxygen atoms in total. The van der Waals surface area contributed by atoms with E-state index in [0.29, 0.717) is 31.3 Å². The summed E-state index contributed by atoms with van der Waals surface area (Å²) in [6, 6.07) is 3.64. The van der Waals surface area contributed by atoms with Crippen molar-refractivity contribution in [3.8, 4) is 0 Å². The van der Waals surface area contributed by atoms with Gasteiger partial charge in [-0.3, -0.25) is 9.48 Å². The Morgan fingerprint density at radius 1 is 1.25 bits per heavy atom. The van der Waals surface area contributed by atoms with Crippen molar-refractivity contribution in [2.45, 2.75) is 52.1 Å². The van der Waals surface area contributed by atoms with Gasteiger partial charge in [0.15, 0.2) is 5.82 Å². The minimum absolute atomic E-state index is 0.0815. The average molecular weight is 383 g/mol. The number of piperidine rings is 1. The van der Waals surface area contributed by atoms with Crippen LogP contribution in [-0.4, -0.2) is 53.6 Å². The highest BCUT2D eigenvalue weighted by Gasteiger charge is 2.29. The zero-order valence-corrected chi connectivity index (χ0v) is 16.3. The summed E-state index contributed by atoms with van der Waals surface area (Å²) >= 11 is 0. The molecule has 4 rings (SSSR count). The maximum absolute atomic E-state index is 12.6. The van der Waals surface area contributed by atoms with Gasteiger partial charge in [0.2, 0.25) is 5.76 Å². The summed E-state index contributed by atoms with van der Waals surface area (Å²) in [5, 5.41) is 17.0. The molecule has 0 spiro atoms. The number of likely N-dealkylation sites (tertiary alicyclic amines) is 1. The molecule has 1 fully saturated rings. The summed E-state index contributed by atoms with van der Waals surface area (Å²) in [6.45, 7) is 6.87. The normalized spacial score (nSPS) is 15.3. The van der Waals surface area contributed by atoms with Crippen molar-refractivity contribution in [1.82, 2.24) is 34.6 Å². The smallest absolute Gasteiger partial charge is 0.292 e. The molecule has 28 heavy (non-hydrogen) atoms. The van der Waals surface area contributed by atoms with Gasteiger partial charge in [-0.25, -0.2) is 0 Å². The molecule has 1 amide bonds. The van der Waals surface area contributed by atoms with Gasteiger partial charge in [-0.15, -0.1) is 10.2 Å². The molecule has 4 heterocycles. The zero-order valence-electron chi connectivity index (χ0n) is 16.3. The van der Waals surface area contributed by atoms with Crippen molar-refractivity contribution < 1.29 is 9.32 Å². The van der Waals surface area contributed by atoms with Crippen LogP contribution in [0.25, 0.3) is 0 Å². The molecule has 0 N–H and O–H groups in total. The number of rotatable bonds is 6. The first-order valence-corrected chi connectivity index (χ1v) is 9.83. The SMILES string of the molecule is CCc1cc(C(=O)N2CCC(c3nnc(Cn4cccn4)n3CC)CC2)on1. The van der Waals surface area contributed by atoms with Gasteiger partial charge in [-0.2, -0.15) is 5.10 Å². The number of amides is 1. The second-order valence-electron chi connectivity index (χ2n) is 7.02. The molecule has 0 bridgehead atoms. The van der Waals surface area contributed by atoms with Crippen LogP contribution in [-0.2, 0) is 19.5 Å². The van der Waals surface area contributed by atoms with E-state index in [-0.39, 0.29) is 5.91 Å².